The molecule has 12 heteroatoms. The molecule has 2 fully saturated rings. The molecule has 4 rings (SSSR count). The van der Waals surface area contributed by atoms with Gasteiger partial charge in [0.05, 0.1) is 10.5 Å². The first-order chi connectivity index (χ1) is 15.7. The predicted octanol–water partition coefficient (Wildman–Crippen LogP) is 3.80. The second-order valence-corrected chi connectivity index (χ2v) is 8.64. The van der Waals surface area contributed by atoms with E-state index in [1.807, 2.05) is 0 Å². The fraction of sp³-hybridized carbons (Fsp3) is 0.571. The van der Waals surface area contributed by atoms with Crippen molar-refractivity contribution in [3.63, 3.8) is 0 Å². The van der Waals surface area contributed by atoms with Crippen LogP contribution in [0.25, 0.3) is 0 Å². The van der Waals surface area contributed by atoms with Crippen molar-refractivity contribution < 1.29 is 18.1 Å². The van der Waals surface area contributed by atoms with Crippen molar-refractivity contribution in [3.05, 3.63) is 45.4 Å². The molecule has 2 aliphatic rings. The van der Waals surface area contributed by atoms with Crippen LogP contribution in [0.15, 0.2) is 18.5 Å². The molecule has 0 spiro atoms. The van der Waals surface area contributed by atoms with Crippen LogP contribution in [0.2, 0.25) is 0 Å². The summed E-state index contributed by atoms with van der Waals surface area (Å²) in [6, 6.07) is 1.48. The molecular formula is C21H26F3N7O2. The Morgan fingerprint density at radius 2 is 1.94 bits per heavy atom. The fourth-order valence-corrected chi connectivity index (χ4v) is 4.65. The maximum atomic E-state index is 13.2. The number of likely N-dealkylation sites (tertiary alicyclic amines) is 1. The molecule has 2 aromatic heterocycles. The van der Waals surface area contributed by atoms with E-state index in [1.54, 1.807) is 0 Å². The summed E-state index contributed by atoms with van der Waals surface area (Å²) in [6.45, 7) is 2.04. The van der Waals surface area contributed by atoms with E-state index in [0.29, 0.717) is 12.5 Å². The first kappa shape index (κ1) is 23.1. The average Bonchev–Trinajstić information content (AvgIpc) is 2.71. The molecule has 1 saturated heterocycles. The third kappa shape index (κ3) is 5.32. The van der Waals surface area contributed by atoms with Crippen molar-refractivity contribution in [2.45, 2.75) is 57.3 Å². The van der Waals surface area contributed by atoms with Gasteiger partial charge in [0, 0.05) is 30.5 Å². The summed E-state index contributed by atoms with van der Waals surface area (Å²) in [4.78, 5) is 25.4. The molecule has 0 unspecified atom stereocenters. The molecule has 1 saturated carbocycles. The van der Waals surface area contributed by atoms with Crippen LogP contribution in [0, 0.1) is 16.0 Å². The molecule has 1 aliphatic carbocycles. The molecule has 0 bridgehead atoms. The minimum absolute atomic E-state index is 0.0423. The highest BCUT2D eigenvalue weighted by atomic mass is 19.4. The summed E-state index contributed by atoms with van der Waals surface area (Å²) in [5, 5.41) is 14.3. The Morgan fingerprint density at radius 3 is 2.55 bits per heavy atom. The van der Waals surface area contributed by atoms with Gasteiger partial charge in [0.2, 0.25) is 11.8 Å². The predicted molar refractivity (Wildman–Crippen MR) is 115 cm³/mol. The van der Waals surface area contributed by atoms with Crippen molar-refractivity contribution in [2.75, 3.05) is 24.1 Å². The van der Waals surface area contributed by atoms with Crippen LogP contribution in [-0.2, 0) is 19.1 Å². The Hall–Kier alpha value is -3.02. The number of hydrogen-bond acceptors (Lipinski definition) is 8. The standard InChI is InChI=1S/C21H26F3N7O2/c22-21(23,24)16-6-7-26-11-14(16)12-27-20-28-17(18(31(32)33)19(25)29-20)10-13-2-4-15(5-3-13)30-8-1-9-30/h6-7,11,13,15H,1-5,8-10,12H2,(H3,25,27,28,29)/t13-,15-. The van der Waals surface area contributed by atoms with E-state index in [4.69, 9.17) is 5.73 Å². The fourth-order valence-electron chi connectivity index (χ4n) is 4.65. The number of nitro groups is 1. The van der Waals surface area contributed by atoms with Gasteiger partial charge in [-0.3, -0.25) is 15.1 Å². The molecule has 178 valence electrons. The number of pyridine rings is 1. The maximum absolute atomic E-state index is 13.2. The first-order valence-corrected chi connectivity index (χ1v) is 11.0. The molecule has 0 radical (unpaired) electrons. The topological polar surface area (TPSA) is 123 Å². The lowest BCUT2D eigenvalue weighted by atomic mass is 9.82. The van der Waals surface area contributed by atoms with E-state index in [1.165, 1.54) is 6.42 Å². The van der Waals surface area contributed by atoms with Gasteiger partial charge >= 0.3 is 11.9 Å². The molecule has 2 aromatic rings. The zero-order valence-corrected chi connectivity index (χ0v) is 18.0. The van der Waals surface area contributed by atoms with Crippen LogP contribution in [-0.4, -0.2) is 43.9 Å². The van der Waals surface area contributed by atoms with Crippen molar-refractivity contribution in [1.82, 2.24) is 19.9 Å². The molecule has 0 amide bonds. The quantitative estimate of drug-likeness (QED) is 0.468. The van der Waals surface area contributed by atoms with Crippen LogP contribution >= 0.6 is 0 Å². The van der Waals surface area contributed by atoms with E-state index < -0.39 is 16.7 Å². The van der Waals surface area contributed by atoms with Crippen LogP contribution < -0.4 is 11.1 Å². The van der Waals surface area contributed by atoms with Gasteiger partial charge in [0.25, 0.3) is 0 Å². The van der Waals surface area contributed by atoms with Crippen LogP contribution in [0.1, 0.15) is 48.9 Å². The Kier molecular flexibility index (Phi) is 6.63. The number of alkyl halides is 3. The number of nitrogens with zero attached hydrogens (tertiary/aromatic N) is 5. The lowest BCUT2D eigenvalue weighted by Gasteiger charge is -2.42. The van der Waals surface area contributed by atoms with Gasteiger partial charge in [0.15, 0.2) is 0 Å². The highest BCUT2D eigenvalue weighted by Gasteiger charge is 2.34. The summed E-state index contributed by atoms with van der Waals surface area (Å²) in [5.41, 5.74) is 4.83. The Morgan fingerprint density at radius 1 is 1.21 bits per heavy atom. The number of nitrogen functional groups attached to an aromatic ring is 1. The number of nitrogens with one attached hydrogen (secondary N) is 1. The van der Waals surface area contributed by atoms with Crippen LogP contribution in [0.5, 0.6) is 0 Å². The molecule has 0 aromatic carbocycles. The van der Waals surface area contributed by atoms with Gasteiger partial charge in [-0.15, -0.1) is 0 Å². The maximum Gasteiger partial charge on any atom is 0.416 e. The van der Waals surface area contributed by atoms with Gasteiger partial charge in [-0.1, -0.05) is 0 Å². The first-order valence-electron chi connectivity index (χ1n) is 11.0. The molecule has 33 heavy (non-hydrogen) atoms. The zero-order chi connectivity index (χ0) is 23.6. The number of hydrogen-bond donors (Lipinski definition) is 2. The van der Waals surface area contributed by atoms with Gasteiger partial charge < -0.3 is 16.0 Å². The summed E-state index contributed by atoms with van der Waals surface area (Å²) < 4.78 is 39.7. The lowest BCUT2D eigenvalue weighted by molar-refractivity contribution is -0.385. The summed E-state index contributed by atoms with van der Waals surface area (Å²) in [7, 11) is 0. The molecule has 1 aliphatic heterocycles. The van der Waals surface area contributed by atoms with Crippen molar-refractivity contribution in [1.29, 1.82) is 0 Å². The second kappa shape index (κ2) is 9.46. The molecule has 9 nitrogen and oxygen atoms in total. The molecular weight excluding hydrogens is 439 g/mol. The number of rotatable bonds is 7. The van der Waals surface area contributed by atoms with Gasteiger partial charge in [0.1, 0.15) is 5.69 Å². The number of halogens is 3. The number of aromatic nitrogens is 3. The minimum atomic E-state index is -4.53. The van der Waals surface area contributed by atoms with Crippen LogP contribution in [0.4, 0.5) is 30.6 Å². The van der Waals surface area contributed by atoms with Crippen molar-refractivity contribution >= 4 is 17.5 Å². The highest BCUT2D eigenvalue weighted by Crippen LogP contribution is 2.35. The Labute approximate surface area is 188 Å². The van der Waals surface area contributed by atoms with Crippen LogP contribution in [0.3, 0.4) is 0 Å². The van der Waals surface area contributed by atoms with Gasteiger partial charge in [-0.05, 0) is 63.6 Å². The van der Waals surface area contributed by atoms with Crippen molar-refractivity contribution in [2.24, 2.45) is 5.92 Å². The minimum Gasteiger partial charge on any atom is -0.378 e. The highest BCUT2D eigenvalue weighted by molar-refractivity contribution is 5.58. The average molecular weight is 465 g/mol. The Balaban J connectivity index is 1.48. The lowest BCUT2D eigenvalue weighted by Crippen LogP contribution is -2.46. The van der Waals surface area contributed by atoms with E-state index in [2.05, 4.69) is 25.2 Å². The monoisotopic (exact) mass is 465 g/mol. The van der Waals surface area contributed by atoms with Gasteiger partial charge in [-0.25, -0.2) is 4.98 Å². The number of nitrogens with two attached hydrogens (primary N) is 1. The number of anilines is 2. The van der Waals surface area contributed by atoms with E-state index >= 15 is 0 Å². The summed E-state index contributed by atoms with van der Waals surface area (Å²) in [6.07, 6.45) is 3.25. The molecule has 0 atom stereocenters. The molecule has 3 heterocycles. The van der Waals surface area contributed by atoms with Crippen molar-refractivity contribution in [3.8, 4) is 0 Å². The Bertz CT molecular complexity index is 1010. The zero-order valence-electron chi connectivity index (χ0n) is 18.0. The normalized spacial score (nSPS) is 21.4. The van der Waals surface area contributed by atoms with E-state index in [9.17, 15) is 23.3 Å². The molecule has 3 N–H and O–H groups in total. The van der Waals surface area contributed by atoms with E-state index in [-0.39, 0.29) is 41.2 Å². The third-order valence-electron chi connectivity index (χ3n) is 6.52. The summed E-state index contributed by atoms with van der Waals surface area (Å²) in [5.74, 6) is -0.109. The SMILES string of the molecule is Nc1nc(NCc2cnccc2C(F)(F)F)nc(C[C@H]2CC[C@H](N3CCC3)CC2)c1[N+](=O)[O-]. The third-order valence-corrected chi connectivity index (χ3v) is 6.52. The van der Waals surface area contributed by atoms with Gasteiger partial charge in [-0.2, -0.15) is 18.2 Å². The second-order valence-electron chi connectivity index (χ2n) is 8.64. The smallest absolute Gasteiger partial charge is 0.378 e. The summed E-state index contributed by atoms with van der Waals surface area (Å²) >= 11 is 0. The largest absolute Gasteiger partial charge is 0.416 e. The van der Waals surface area contributed by atoms with E-state index in [0.717, 1.165) is 57.2 Å².